The first kappa shape index (κ1) is 24.3. The zero-order chi connectivity index (χ0) is 26.9. The molecule has 5 aromatic rings. The average Bonchev–Trinajstić information content (AvgIpc) is 3.43. The Kier molecular flexibility index (Phi) is 6.26. The van der Waals surface area contributed by atoms with E-state index in [9.17, 15) is 4.79 Å². The lowest BCUT2D eigenvalue weighted by Gasteiger charge is -2.20. The number of hydrogen-bond donors (Lipinski definition) is 4. The highest BCUT2D eigenvalue weighted by atomic mass is 16.3. The molecule has 3 heterocycles. The second-order valence-electron chi connectivity index (χ2n) is 9.30. The van der Waals surface area contributed by atoms with Crippen LogP contribution in [0.3, 0.4) is 0 Å². The molecule has 1 aliphatic heterocycles. The molecule has 9 heteroatoms. The van der Waals surface area contributed by atoms with Crippen molar-refractivity contribution in [2.75, 3.05) is 23.5 Å². The van der Waals surface area contributed by atoms with E-state index < -0.39 is 6.04 Å². The van der Waals surface area contributed by atoms with Crippen LogP contribution in [0.1, 0.15) is 35.4 Å². The molecule has 9 nitrogen and oxygen atoms in total. The highest BCUT2D eigenvalue weighted by molar-refractivity contribution is 6.18. The van der Waals surface area contributed by atoms with E-state index in [0.29, 0.717) is 39.4 Å². The number of rotatable bonds is 6. The van der Waals surface area contributed by atoms with Gasteiger partial charge in [-0.1, -0.05) is 54.6 Å². The summed E-state index contributed by atoms with van der Waals surface area (Å²) in [6.45, 7) is 2.67. The average molecular weight is 518 g/mol. The van der Waals surface area contributed by atoms with Crippen LogP contribution in [0.2, 0.25) is 0 Å². The molecule has 0 bridgehead atoms. The predicted molar refractivity (Wildman–Crippen MR) is 155 cm³/mol. The van der Waals surface area contributed by atoms with Crippen LogP contribution >= 0.6 is 0 Å². The Balaban J connectivity index is 1.45. The lowest BCUT2D eigenvalue weighted by Crippen LogP contribution is -2.19. The van der Waals surface area contributed by atoms with Gasteiger partial charge in [0.2, 0.25) is 5.43 Å². The third-order valence-corrected chi connectivity index (χ3v) is 6.86. The van der Waals surface area contributed by atoms with Crippen LogP contribution in [-0.4, -0.2) is 22.7 Å². The van der Waals surface area contributed by atoms with Crippen molar-refractivity contribution in [1.29, 1.82) is 0 Å². The molecule has 1 unspecified atom stereocenters. The van der Waals surface area contributed by atoms with Gasteiger partial charge in [0, 0.05) is 19.2 Å². The summed E-state index contributed by atoms with van der Waals surface area (Å²) in [5, 5.41) is 3.96. The molecule has 0 radical (unpaired) electrons. The normalized spacial score (nSPS) is 13.6. The molecule has 2 aromatic heterocycles. The van der Waals surface area contributed by atoms with Crippen molar-refractivity contribution in [3.05, 3.63) is 112 Å². The third kappa shape index (κ3) is 4.38. The molecule has 39 heavy (non-hydrogen) atoms. The zero-order valence-corrected chi connectivity index (χ0v) is 21.5. The maximum atomic E-state index is 13.7. The molecule has 0 fully saturated rings. The van der Waals surface area contributed by atoms with Crippen molar-refractivity contribution in [3.8, 4) is 11.1 Å². The highest BCUT2D eigenvalue weighted by Gasteiger charge is 2.24. The number of benzene rings is 3. The van der Waals surface area contributed by atoms with E-state index >= 15 is 0 Å². The largest absolute Gasteiger partial charge is 0.458 e. The number of fused-ring (bicyclic) bond motifs is 2. The molecule has 0 aliphatic carbocycles. The molecule has 0 saturated heterocycles. The molecule has 194 valence electrons. The number of para-hydroxylation sites is 1. The number of aromatic nitrogens is 2. The topological polar surface area (TPSA) is 130 Å². The molecule has 0 spiro atoms. The first-order valence-electron chi connectivity index (χ1n) is 12.6. The SMILES string of the molecule is CN=C(c1ccc2c(c1)NNC2)c1c(N)ncnc1NC(C)c1oc2ccccc2c(=O)c1-c1ccccc1. The second kappa shape index (κ2) is 10.0. The summed E-state index contributed by atoms with van der Waals surface area (Å²) in [5.41, 5.74) is 18.6. The summed E-state index contributed by atoms with van der Waals surface area (Å²) in [7, 11) is 1.71. The number of nitrogens with zero attached hydrogens (tertiary/aromatic N) is 3. The molecular formula is C30H27N7O2. The molecule has 5 N–H and O–H groups in total. The Hall–Kier alpha value is -5.02. The maximum Gasteiger partial charge on any atom is 0.200 e. The Morgan fingerprint density at radius 1 is 1.08 bits per heavy atom. The third-order valence-electron chi connectivity index (χ3n) is 6.86. The van der Waals surface area contributed by atoms with Gasteiger partial charge in [-0.3, -0.25) is 9.79 Å². The van der Waals surface area contributed by atoms with Crippen molar-refractivity contribution in [1.82, 2.24) is 15.4 Å². The number of hydrazine groups is 1. The van der Waals surface area contributed by atoms with Crippen LogP contribution in [-0.2, 0) is 6.54 Å². The standard InChI is InChI=1S/C30H27N7O2/c1-17(28-24(18-8-4-3-5-9-18)27(38)21-10-6-7-11-23(21)39-28)36-30-25(29(31)33-16-34-30)26(32-2)19-12-13-20-15-35-37-22(20)14-19/h3-14,16-17,35,37H,15H2,1-2H3,(H3,31,33,34,36). The summed E-state index contributed by atoms with van der Waals surface area (Å²) in [4.78, 5) is 27.0. The van der Waals surface area contributed by atoms with Crippen molar-refractivity contribution < 1.29 is 4.42 Å². The summed E-state index contributed by atoms with van der Waals surface area (Å²) < 4.78 is 6.37. The molecule has 3 aromatic carbocycles. The lowest BCUT2D eigenvalue weighted by atomic mass is 9.98. The van der Waals surface area contributed by atoms with Gasteiger partial charge in [0.15, 0.2) is 0 Å². The number of anilines is 3. The molecule has 6 rings (SSSR count). The first-order chi connectivity index (χ1) is 19.0. The fourth-order valence-electron chi connectivity index (χ4n) is 4.97. The van der Waals surface area contributed by atoms with Gasteiger partial charge in [0.25, 0.3) is 0 Å². The highest BCUT2D eigenvalue weighted by Crippen LogP contribution is 2.33. The van der Waals surface area contributed by atoms with Gasteiger partial charge >= 0.3 is 0 Å². The number of aliphatic imine (C=N–C) groups is 1. The van der Waals surface area contributed by atoms with Crippen LogP contribution in [0.5, 0.6) is 0 Å². The van der Waals surface area contributed by atoms with E-state index in [0.717, 1.165) is 23.4 Å². The lowest BCUT2D eigenvalue weighted by molar-refractivity contribution is 0.515. The Labute approximate surface area is 224 Å². The van der Waals surface area contributed by atoms with Crippen LogP contribution < -0.4 is 27.3 Å². The van der Waals surface area contributed by atoms with E-state index in [-0.39, 0.29) is 11.2 Å². The molecule has 1 atom stereocenters. The fourth-order valence-corrected chi connectivity index (χ4v) is 4.97. The van der Waals surface area contributed by atoms with E-state index in [4.69, 9.17) is 10.2 Å². The van der Waals surface area contributed by atoms with Gasteiger partial charge < -0.3 is 20.9 Å². The van der Waals surface area contributed by atoms with Crippen molar-refractivity contribution in [3.63, 3.8) is 0 Å². The number of nitrogen functional groups attached to an aromatic ring is 1. The maximum absolute atomic E-state index is 13.7. The van der Waals surface area contributed by atoms with Gasteiger partial charge in [0.05, 0.1) is 34.0 Å². The number of hydrogen-bond acceptors (Lipinski definition) is 9. The van der Waals surface area contributed by atoms with Crippen LogP contribution in [0.25, 0.3) is 22.1 Å². The van der Waals surface area contributed by atoms with Crippen molar-refractivity contribution in [2.24, 2.45) is 4.99 Å². The Morgan fingerprint density at radius 2 is 1.87 bits per heavy atom. The molecular weight excluding hydrogens is 490 g/mol. The molecule has 0 saturated carbocycles. The van der Waals surface area contributed by atoms with Gasteiger partial charge in [-0.05, 0) is 36.2 Å². The van der Waals surface area contributed by atoms with E-state index in [1.165, 1.54) is 11.9 Å². The molecule has 0 amide bonds. The molecule has 1 aliphatic rings. The van der Waals surface area contributed by atoms with Crippen molar-refractivity contribution >= 4 is 34.0 Å². The first-order valence-corrected chi connectivity index (χ1v) is 12.6. The van der Waals surface area contributed by atoms with E-state index in [1.807, 2.05) is 61.5 Å². The Bertz CT molecular complexity index is 1780. The van der Waals surface area contributed by atoms with Gasteiger partial charge in [0.1, 0.15) is 29.3 Å². The zero-order valence-electron chi connectivity index (χ0n) is 21.5. The number of nitrogens with two attached hydrogens (primary N) is 1. The summed E-state index contributed by atoms with van der Waals surface area (Å²) in [6.07, 6.45) is 1.41. The minimum atomic E-state index is -0.449. The van der Waals surface area contributed by atoms with E-state index in [2.05, 4.69) is 37.2 Å². The van der Waals surface area contributed by atoms with Gasteiger partial charge in [-0.25, -0.2) is 15.4 Å². The van der Waals surface area contributed by atoms with Gasteiger partial charge in [-0.15, -0.1) is 0 Å². The quantitative estimate of drug-likeness (QED) is 0.234. The summed E-state index contributed by atoms with van der Waals surface area (Å²) >= 11 is 0. The van der Waals surface area contributed by atoms with Crippen LogP contribution in [0.15, 0.2) is 93.3 Å². The van der Waals surface area contributed by atoms with Crippen LogP contribution in [0, 0.1) is 0 Å². The monoisotopic (exact) mass is 517 g/mol. The smallest absolute Gasteiger partial charge is 0.200 e. The predicted octanol–water partition coefficient (Wildman–Crippen LogP) is 4.90. The van der Waals surface area contributed by atoms with Gasteiger partial charge in [-0.2, -0.15) is 0 Å². The summed E-state index contributed by atoms with van der Waals surface area (Å²) in [6, 6.07) is 22.4. The minimum absolute atomic E-state index is 0.0933. The Morgan fingerprint density at radius 3 is 2.69 bits per heavy atom. The minimum Gasteiger partial charge on any atom is -0.458 e. The summed E-state index contributed by atoms with van der Waals surface area (Å²) in [5.74, 6) is 1.27. The van der Waals surface area contributed by atoms with Crippen molar-refractivity contribution in [2.45, 2.75) is 19.5 Å². The number of nitrogens with one attached hydrogen (secondary N) is 3. The van der Waals surface area contributed by atoms with E-state index in [1.54, 1.807) is 19.2 Å². The van der Waals surface area contributed by atoms with Crippen LogP contribution in [0.4, 0.5) is 17.3 Å². The fraction of sp³-hybridized carbons (Fsp3) is 0.133. The second-order valence-corrected chi connectivity index (χ2v) is 9.30.